The quantitative estimate of drug-likeness (QED) is 0.171. The lowest BCUT2D eigenvalue weighted by atomic mass is 9.98. The number of hydrogen-bond acceptors (Lipinski definition) is 8. The summed E-state index contributed by atoms with van der Waals surface area (Å²) >= 11 is 0. The highest BCUT2D eigenvalue weighted by atomic mass is 32.1. The van der Waals surface area contributed by atoms with E-state index in [1.54, 1.807) is 0 Å². The Morgan fingerprint density at radius 1 is 0.763 bits per heavy atom. The monoisotopic (exact) mass is 889 g/mol. The Hall–Kier alpha value is -3.80. The molecule has 0 unspecified atom stereocenters. The fourth-order valence-electron chi connectivity index (χ4n) is 8.05. The van der Waals surface area contributed by atoms with E-state index in [2.05, 4.69) is 63.1 Å². The van der Waals surface area contributed by atoms with Crippen LogP contribution in [0.2, 0.25) is 0 Å². The summed E-state index contributed by atoms with van der Waals surface area (Å²) in [6.07, 6.45) is 7.64. The second kappa shape index (κ2) is 23.3. The highest BCUT2D eigenvalue weighted by Crippen LogP contribution is 2.35. The van der Waals surface area contributed by atoms with Crippen molar-refractivity contribution in [2.24, 2.45) is 16.8 Å². The summed E-state index contributed by atoms with van der Waals surface area (Å²) in [6, 6.07) is 13.5. The van der Waals surface area contributed by atoms with Crippen molar-refractivity contribution in [2.75, 3.05) is 27.3 Å². The molecular weight excluding hydrogens is 827 g/mol. The summed E-state index contributed by atoms with van der Waals surface area (Å²) in [4.78, 5) is 67.9. The van der Waals surface area contributed by atoms with Crippen molar-refractivity contribution >= 4 is 89.4 Å². The standard InChI is InChI=1S/C42H55N7O6.4H2S/c1-25(2)36(46-41(52)54-5)39(50)48-20-8-12-34(48)32-23-30-19-16-28(22-31(30)44-32)11-7-10-27-14-17-29(18-15-27)33-24-43-38(45-33)35-13-9-21-49(35)40(51)37(26(3)4)47-42(53)55-6;;;;/h14-19,22,24-26,34-37H,7-13,20-21,23H2,1-6H3,(H,43,45)(H,46,52)(H,47,53);4*1H2/t34-,35-,36-,37-;;;;/m0..../s1. The van der Waals surface area contributed by atoms with Crippen LogP contribution in [-0.4, -0.2) is 94.9 Å². The fourth-order valence-corrected chi connectivity index (χ4v) is 8.05. The number of benzene rings is 2. The maximum Gasteiger partial charge on any atom is 0.407 e. The van der Waals surface area contributed by atoms with Crippen LogP contribution >= 0.6 is 54.0 Å². The number of aliphatic imine (C=N–C) groups is 1. The third-order valence-electron chi connectivity index (χ3n) is 11.1. The van der Waals surface area contributed by atoms with Crippen LogP contribution < -0.4 is 10.6 Å². The van der Waals surface area contributed by atoms with Gasteiger partial charge >= 0.3 is 12.2 Å². The third kappa shape index (κ3) is 12.2. The first-order valence-corrected chi connectivity index (χ1v) is 19.6. The number of nitrogens with zero attached hydrogens (tertiary/aromatic N) is 4. The number of carbonyl (C=O) groups excluding carboxylic acids is 4. The van der Waals surface area contributed by atoms with Crippen molar-refractivity contribution < 1.29 is 28.7 Å². The maximum atomic E-state index is 13.6. The molecule has 0 radical (unpaired) electrons. The molecule has 59 heavy (non-hydrogen) atoms. The van der Waals surface area contributed by atoms with Crippen LogP contribution in [-0.2, 0) is 38.3 Å². The fraction of sp³-hybridized carbons (Fsp3) is 0.524. The van der Waals surface area contributed by atoms with Crippen molar-refractivity contribution in [2.45, 2.75) is 103 Å². The summed E-state index contributed by atoms with van der Waals surface area (Å²) in [7, 11) is 2.60. The Bertz CT molecular complexity index is 1910. The zero-order valence-electron chi connectivity index (χ0n) is 34.9. The normalized spacial score (nSPS) is 17.7. The SMILES string of the molecule is COC(=O)N[C@H](C(=O)N1CCC[C@H]1C1=Nc2cc(CCCc3ccc(-c4cnc([C@@H]5CCCN5C(=O)[C@@H](NC(=O)OC)C(C)C)[nH]4)cc3)ccc2C1)C(C)C.S.S.S.S. The van der Waals surface area contributed by atoms with Crippen molar-refractivity contribution in [1.29, 1.82) is 0 Å². The molecule has 1 aromatic heterocycles. The highest BCUT2D eigenvalue weighted by molar-refractivity contribution is 7.59. The number of aryl methyl sites for hydroxylation is 2. The van der Waals surface area contributed by atoms with Gasteiger partial charge in [0.2, 0.25) is 11.8 Å². The number of rotatable bonds is 13. The van der Waals surface area contributed by atoms with E-state index in [1.807, 2.05) is 43.7 Å². The second-order valence-corrected chi connectivity index (χ2v) is 15.6. The van der Waals surface area contributed by atoms with Crippen LogP contribution in [0.4, 0.5) is 15.3 Å². The molecule has 0 spiro atoms. The van der Waals surface area contributed by atoms with Gasteiger partial charge in [-0.05, 0) is 85.1 Å². The van der Waals surface area contributed by atoms with Crippen LogP contribution in [0.1, 0.15) is 88.4 Å². The van der Waals surface area contributed by atoms with Gasteiger partial charge in [0.15, 0.2) is 0 Å². The predicted octanol–water partition coefficient (Wildman–Crippen LogP) is 6.75. The number of likely N-dealkylation sites (tertiary alicyclic amines) is 2. The van der Waals surface area contributed by atoms with Crippen molar-refractivity contribution in [3.63, 3.8) is 0 Å². The first-order valence-electron chi connectivity index (χ1n) is 19.6. The minimum Gasteiger partial charge on any atom is -0.453 e. The number of aromatic nitrogens is 2. The van der Waals surface area contributed by atoms with E-state index in [0.717, 1.165) is 79.8 Å². The van der Waals surface area contributed by atoms with Gasteiger partial charge in [0.1, 0.15) is 17.9 Å². The van der Waals surface area contributed by atoms with Gasteiger partial charge in [-0.25, -0.2) is 14.6 Å². The summed E-state index contributed by atoms with van der Waals surface area (Å²) in [5.41, 5.74) is 7.62. The van der Waals surface area contributed by atoms with E-state index in [1.165, 1.54) is 30.9 Å². The third-order valence-corrected chi connectivity index (χ3v) is 11.1. The van der Waals surface area contributed by atoms with Gasteiger partial charge in [0.25, 0.3) is 0 Å². The molecule has 0 bridgehead atoms. The van der Waals surface area contributed by atoms with Crippen molar-refractivity contribution in [3.05, 3.63) is 71.2 Å². The molecule has 3 aliphatic rings. The Kier molecular flexibility index (Phi) is 20.2. The first-order chi connectivity index (χ1) is 26.5. The zero-order valence-corrected chi connectivity index (χ0v) is 38.9. The summed E-state index contributed by atoms with van der Waals surface area (Å²) < 4.78 is 9.53. The van der Waals surface area contributed by atoms with Gasteiger partial charge in [-0.1, -0.05) is 64.1 Å². The molecule has 3 N–H and O–H groups in total. The van der Waals surface area contributed by atoms with E-state index in [9.17, 15) is 19.2 Å². The number of H-pyrrole nitrogens is 1. The van der Waals surface area contributed by atoms with Gasteiger partial charge in [-0.3, -0.25) is 14.6 Å². The molecule has 0 aliphatic carbocycles. The number of aromatic amines is 1. The maximum absolute atomic E-state index is 13.6. The molecule has 326 valence electrons. The number of ether oxygens (including phenoxy) is 2. The summed E-state index contributed by atoms with van der Waals surface area (Å²) in [5.74, 6) is 0.376. The number of methoxy groups -OCH3 is 2. The number of imidazole rings is 1. The molecule has 13 nitrogen and oxygen atoms in total. The van der Waals surface area contributed by atoms with Gasteiger partial charge in [0, 0.05) is 25.2 Å². The minimum absolute atomic E-state index is 0. The molecule has 6 rings (SSSR count). The lowest BCUT2D eigenvalue weighted by Gasteiger charge is -2.30. The van der Waals surface area contributed by atoms with E-state index < -0.39 is 24.3 Å². The average molecular weight is 890 g/mol. The summed E-state index contributed by atoms with van der Waals surface area (Å²) in [5, 5.41) is 5.43. The Balaban J connectivity index is 0.00000300. The van der Waals surface area contributed by atoms with E-state index in [0.29, 0.717) is 13.1 Å². The van der Waals surface area contributed by atoms with Crippen molar-refractivity contribution in [3.8, 4) is 11.3 Å². The molecule has 2 saturated heterocycles. The van der Waals surface area contributed by atoms with Gasteiger partial charge < -0.3 is 34.9 Å². The molecule has 4 heterocycles. The van der Waals surface area contributed by atoms with Crippen molar-refractivity contribution in [1.82, 2.24) is 30.4 Å². The number of alkyl carbamates (subject to hydrolysis) is 2. The highest BCUT2D eigenvalue weighted by Gasteiger charge is 2.39. The second-order valence-electron chi connectivity index (χ2n) is 15.6. The molecule has 4 atom stereocenters. The van der Waals surface area contributed by atoms with Gasteiger partial charge in [0.05, 0.1) is 43.9 Å². The number of fused-ring (bicyclic) bond motifs is 1. The largest absolute Gasteiger partial charge is 0.453 e. The first kappa shape index (κ1) is 51.3. The number of carbonyl (C=O) groups is 4. The van der Waals surface area contributed by atoms with E-state index in [-0.39, 0.29) is 89.7 Å². The van der Waals surface area contributed by atoms with Crippen LogP contribution in [0.5, 0.6) is 0 Å². The number of nitrogens with one attached hydrogen (secondary N) is 3. The lowest BCUT2D eigenvalue weighted by molar-refractivity contribution is -0.135. The van der Waals surface area contributed by atoms with Gasteiger partial charge in [-0.15, -0.1) is 0 Å². The molecule has 17 heteroatoms. The Morgan fingerprint density at radius 2 is 1.29 bits per heavy atom. The average Bonchev–Trinajstić information content (AvgIpc) is 4.01. The number of hydrogen-bond donors (Lipinski definition) is 3. The van der Waals surface area contributed by atoms with Crippen LogP contribution in [0, 0.1) is 11.8 Å². The van der Waals surface area contributed by atoms with Gasteiger partial charge in [-0.2, -0.15) is 54.0 Å². The van der Waals surface area contributed by atoms with E-state index >= 15 is 0 Å². The molecule has 2 fully saturated rings. The lowest BCUT2D eigenvalue weighted by Crippen LogP contribution is -2.53. The predicted molar refractivity (Wildman–Crippen MR) is 252 cm³/mol. The molecular formula is C42H63N7O6S4. The Morgan fingerprint density at radius 3 is 1.85 bits per heavy atom. The topological polar surface area (TPSA) is 158 Å². The smallest absolute Gasteiger partial charge is 0.407 e. The number of amides is 4. The van der Waals surface area contributed by atoms with E-state index in [4.69, 9.17) is 14.5 Å². The minimum atomic E-state index is -0.673. The van der Waals surface area contributed by atoms with Crippen LogP contribution in [0.25, 0.3) is 11.3 Å². The summed E-state index contributed by atoms with van der Waals surface area (Å²) in [6.45, 7) is 8.93. The molecule has 4 amide bonds. The molecule has 3 aromatic rings. The Labute approximate surface area is 376 Å². The van der Waals surface area contributed by atoms with Crippen LogP contribution in [0.3, 0.4) is 0 Å². The zero-order chi connectivity index (χ0) is 39.2. The molecule has 0 saturated carbocycles. The van der Waals surface area contributed by atoms with Crippen LogP contribution in [0.15, 0.2) is 53.7 Å². The molecule has 2 aromatic carbocycles. The molecule has 3 aliphatic heterocycles.